The molecule has 0 saturated heterocycles. The van der Waals surface area contributed by atoms with Crippen molar-refractivity contribution in [3.63, 3.8) is 0 Å². The normalized spacial score (nSPS) is 10.3. The van der Waals surface area contributed by atoms with Gasteiger partial charge in [0.1, 0.15) is 11.6 Å². The van der Waals surface area contributed by atoms with Gasteiger partial charge in [-0.3, -0.25) is 0 Å². The predicted octanol–water partition coefficient (Wildman–Crippen LogP) is 3.05. The van der Waals surface area contributed by atoms with Crippen LogP contribution in [-0.2, 0) is 0 Å². The van der Waals surface area contributed by atoms with Gasteiger partial charge in [0.25, 0.3) is 0 Å². The van der Waals surface area contributed by atoms with Gasteiger partial charge in [0.2, 0.25) is 5.95 Å². The third kappa shape index (κ3) is 2.76. The molecule has 104 valence electrons. The Kier molecular flexibility index (Phi) is 3.39. The number of nitrogens with two attached hydrogens (primary N) is 2. The van der Waals surface area contributed by atoms with Crippen molar-refractivity contribution in [3.05, 3.63) is 60.7 Å². The molecule has 1 heterocycles. The molecule has 0 atom stereocenters. The highest BCUT2D eigenvalue weighted by Crippen LogP contribution is 2.33. The largest absolute Gasteiger partial charge is 0.383 e. The predicted molar refractivity (Wildman–Crippen MR) is 86.0 cm³/mol. The van der Waals surface area contributed by atoms with E-state index in [2.05, 4.69) is 15.3 Å². The van der Waals surface area contributed by atoms with Crippen molar-refractivity contribution >= 4 is 23.3 Å². The molecule has 0 fully saturated rings. The molecule has 5 heteroatoms. The van der Waals surface area contributed by atoms with Crippen LogP contribution in [0.15, 0.2) is 60.7 Å². The minimum absolute atomic E-state index is 0.144. The highest BCUT2D eigenvalue weighted by Gasteiger charge is 2.13. The van der Waals surface area contributed by atoms with Gasteiger partial charge in [0, 0.05) is 5.69 Å². The van der Waals surface area contributed by atoms with Crippen LogP contribution in [-0.4, -0.2) is 9.97 Å². The molecule has 0 amide bonds. The molecule has 0 bridgehead atoms. The summed E-state index contributed by atoms with van der Waals surface area (Å²) in [5, 5.41) is 3.24. The van der Waals surface area contributed by atoms with Gasteiger partial charge in [-0.1, -0.05) is 48.5 Å². The summed E-state index contributed by atoms with van der Waals surface area (Å²) in [6, 6.07) is 19.5. The Morgan fingerprint density at radius 1 is 0.762 bits per heavy atom. The first-order chi connectivity index (χ1) is 10.2. The van der Waals surface area contributed by atoms with E-state index in [1.807, 2.05) is 60.7 Å². The van der Waals surface area contributed by atoms with Gasteiger partial charge in [0.15, 0.2) is 0 Å². The average molecular weight is 277 g/mol. The van der Waals surface area contributed by atoms with E-state index in [0.29, 0.717) is 11.6 Å². The number of nitrogens with zero attached hydrogens (tertiary/aromatic N) is 2. The summed E-state index contributed by atoms with van der Waals surface area (Å²) in [7, 11) is 0. The summed E-state index contributed by atoms with van der Waals surface area (Å²) in [6.45, 7) is 0. The van der Waals surface area contributed by atoms with Crippen molar-refractivity contribution in [2.45, 2.75) is 0 Å². The summed E-state index contributed by atoms with van der Waals surface area (Å²) in [4.78, 5) is 8.34. The number of hydrogen-bond donors (Lipinski definition) is 3. The van der Waals surface area contributed by atoms with E-state index >= 15 is 0 Å². The molecule has 3 rings (SSSR count). The van der Waals surface area contributed by atoms with E-state index in [1.165, 1.54) is 0 Å². The first-order valence-electron chi connectivity index (χ1n) is 6.54. The molecule has 0 spiro atoms. The lowest BCUT2D eigenvalue weighted by atomic mass is 10.1. The highest BCUT2D eigenvalue weighted by molar-refractivity contribution is 5.86. The molecule has 3 aromatic rings. The van der Waals surface area contributed by atoms with Crippen molar-refractivity contribution < 1.29 is 0 Å². The maximum Gasteiger partial charge on any atom is 0.223 e. The Bertz CT molecular complexity index is 741. The average Bonchev–Trinajstić information content (AvgIpc) is 2.48. The molecular weight excluding hydrogens is 262 g/mol. The Hall–Kier alpha value is -3.08. The Morgan fingerprint density at radius 2 is 1.38 bits per heavy atom. The maximum absolute atomic E-state index is 6.04. The van der Waals surface area contributed by atoms with Gasteiger partial charge in [0.05, 0.1) is 5.56 Å². The van der Waals surface area contributed by atoms with E-state index in [-0.39, 0.29) is 5.95 Å². The van der Waals surface area contributed by atoms with Crippen LogP contribution in [0.2, 0.25) is 0 Å². The van der Waals surface area contributed by atoms with Crippen LogP contribution in [0.3, 0.4) is 0 Å². The fraction of sp³-hybridized carbons (Fsp3) is 0. The van der Waals surface area contributed by atoms with E-state index in [9.17, 15) is 0 Å². The number of rotatable bonds is 3. The number of nitrogen functional groups attached to an aromatic ring is 2. The highest BCUT2D eigenvalue weighted by atomic mass is 15.1. The molecule has 0 aliphatic carbocycles. The SMILES string of the molecule is Nc1nc(N)c(-c2ccccc2)c(Nc2ccccc2)n1. The number of benzene rings is 2. The van der Waals surface area contributed by atoms with Gasteiger partial charge in [-0.25, -0.2) is 0 Å². The van der Waals surface area contributed by atoms with E-state index in [0.717, 1.165) is 16.8 Å². The fourth-order valence-corrected chi connectivity index (χ4v) is 2.13. The second-order valence-corrected chi connectivity index (χ2v) is 4.55. The van der Waals surface area contributed by atoms with E-state index in [4.69, 9.17) is 11.5 Å². The molecule has 0 aliphatic heterocycles. The van der Waals surface area contributed by atoms with Gasteiger partial charge in [-0.15, -0.1) is 0 Å². The maximum atomic E-state index is 6.04. The van der Waals surface area contributed by atoms with Crippen LogP contribution in [0.25, 0.3) is 11.1 Å². The van der Waals surface area contributed by atoms with Crippen molar-refractivity contribution in [1.29, 1.82) is 0 Å². The molecule has 5 nitrogen and oxygen atoms in total. The lowest BCUT2D eigenvalue weighted by Crippen LogP contribution is -2.06. The quantitative estimate of drug-likeness (QED) is 0.684. The van der Waals surface area contributed by atoms with Crippen molar-refractivity contribution in [1.82, 2.24) is 9.97 Å². The van der Waals surface area contributed by atoms with Gasteiger partial charge >= 0.3 is 0 Å². The molecular formula is C16H15N5. The van der Waals surface area contributed by atoms with Crippen LogP contribution in [0.1, 0.15) is 0 Å². The summed E-state index contributed by atoms with van der Waals surface area (Å²) < 4.78 is 0. The van der Waals surface area contributed by atoms with Gasteiger partial charge in [-0.2, -0.15) is 9.97 Å². The smallest absolute Gasteiger partial charge is 0.223 e. The first kappa shape index (κ1) is 12.9. The van der Waals surface area contributed by atoms with Crippen LogP contribution in [0.4, 0.5) is 23.3 Å². The molecule has 2 aromatic carbocycles. The molecule has 5 N–H and O–H groups in total. The molecule has 21 heavy (non-hydrogen) atoms. The van der Waals surface area contributed by atoms with Crippen LogP contribution in [0, 0.1) is 0 Å². The minimum Gasteiger partial charge on any atom is -0.383 e. The fourth-order valence-electron chi connectivity index (χ4n) is 2.13. The molecule has 0 unspecified atom stereocenters. The Balaban J connectivity index is 2.11. The van der Waals surface area contributed by atoms with Gasteiger partial charge in [-0.05, 0) is 17.7 Å². The van der Waals surface area contributed by atoms with Crippen molar-refractivity contribution in [3.8, 4) is 11.1 Å². The van der Waals surface area contributed by atoms with Gasteiger partial charge < -0.3 is 16.8 Å². The van der Waals surface area contributed by atoms with Crippen LogP contribution >= 0.6 is 0 Å². The Morgan fingerprint density at radius 3 is 2.05 bits per heavy atom. The number of aromatic nitrogens is 2. The number of nitrogens with one attached hydrogen (secondary N) is 1. The molecule has 0 radical (unpaired) electrons. The third-order valence-electron chi connectivity index (χ3n) is 3.05. The summed E-state index contributed by atoms with van der Waals surface area (Å²) in [5.74, 6) is 1.09. The zero-order valence-corrected chi connectivity index (χ0v) is 11.3. The summed E-state index contributed by atoms with van der Waals surface area (Å²) in [6.07, 6.45) is 0. The van der Waals surface area contributed by atoms with E-state index < -0.39 is 0 Å². The lowest BCUT2D eigenvalue weighted by Gasteiger charge is -2.13. The second-order valence-electron chi connectivity index (χ2n) is 4.55. The molecule has 0 aliphatic rings. The molecule has 0 saturated carbocycles. The summed E-state index contributed by atoms with van der Waals surface area (Å²) in [5.41, 5.74) is 14.3. The zero-order chi connectivity index (χ0) is 14.7. The van der Waals surface area contributed by atoms with Crippen LogP contribution < -0.4 is 16.8 Å². The first-order valence-corrected chi connectivity index (χ1v) is 6.54. The molecule has 1 aromatic heterocycles. The summed E-state index contributed by atoms with van der Waals surface area (Å²) >= 11 is 0. The lowest BCUT2D eigenvalue weighted by molar-refractivity contribution is 1.19. The van der Waals surface area contributed by atoms with Crippen molar-refractivity contribution in [2.24, 2.45) is 0 Å². The Labute approximate surface area is 122 Å². The number of para-hydroxylation sites is 1. The van der Waals surface area contributed by atoms with E-state index in [1.54, 1.807) is 0 Å². The number of hydrogen-bond acceptors (Lipinski definition) is 5. The standard InChI is InChI=1S/C16H15N5/c17-14-13(11-7-3-1-4-8-11)15(21-16(18)20-14)19-12-9-5-2-6-10-12/h1-10H,(H5,17,18,19,20,21). The van der Waals surface area contributed by atoms with Crippen LogP contribution in [0.5, 0.6) is 0 Å². The minimum atomic E-state index is 0.144. The van der Waals surface area contributed by atoms with Crippen molar-refractivity contribution in [2.75, 3.05) is 16.8 Å². The monoisotopic (exact) mass is 277 g/mol. The topological polar surface area (TPSA) is 89.8 Å². The number of anilines is 4. The third-order valence-corrected chi connectivity index (χ3v) is 3.05. The second kappa shape index (κ2) is 5.50. The zero-order valence-electron chi connectivity index (χ0n) is 11.3.